The van der Waals surface area contributed by atoms with Gasteiger partial charge in [0, 0.05) is 30.4 Å². The van der Waals surface area contributed by atoms with Crippen LogP contribution in [0.4, 0.5) is 36.8 Å². The molecule has 4 rings (SSSR count). The van der Waals surface area contributed by atoms with Crippen LogP contribution in [0.25, 0.3) is 0 Å². The van der Waals surface area contributed by atoms with Crippen LogP contribution in [0.3, 0.4) is 0 Å². The highest BCUT2D eigenvalue weighted by atomic mass is 19.3. The Hall–Kier alpha value is -2.95. The molecule has 0 unspecified atom stereocenters. The van der Waals surface area contributed by atoms with Crippen molar-refractivity contribution < 1.29 is 40.6 Å². The van der Waals surface area contributed by atoms with Gasteiger partial charge in [0.05, 0.1) is 12.6 Å². The molecule has 2 saturated heterocycles. The zero-order chi connectivity index (χ0) is 23.3. The molecule has 2 aliphatic heterocycles. The number of urea groups is 1. The lowest BCUT2D eigenvalue weighted by Gasteiger charge is -2.30. The number of carbonyl (C=O) groups is 1. The molecule has 2 fully saturated rings. The third kappa shape index (κ3) is 3.85. The minimum absolute atomic E-state index is 0.152. The summed E-state index contributed by atoms with van der Waals surface area (Å²) in [5.74, 6) is -1.97. The molecule has 32 heavy (non-hydrogen) atoms. The predicted molar refractivity (Wildman–Crippen MR) is 101 cm³/mol. The van der Waals surface area contributed by atoms with Gasteiger partial charge < -0.3 is 14.4 Å². The monoisotopic (exact) mass is 460 g/mol. The lowest BCUT2D eigenvalue weighted by molar-refractivity contribution is -0.253. The Balaban J connectivity index is 1.48. The highest BCUT2D eigenvalue weighted by Crippen LogP contribution is 2.46. The van der Waals surface area contributed by atoms with E-state index in [2.05, 4.69) is 4.74 Å². The number of carbonyl (C=O) groups excluding carboxylic acids is 1. The lowest BCUT2D eigenvalue weighted by atomic mass is 9.91. The van der Waals surface area contributed by atoms with Crippen molar-refractivity contribution in [2.24, 2.45) is 0 Å². The largest absolute Gasteiger partial charge is 0.461 e. The van der Waals surface area contributed by atoms with E-state index in [0.717, 1.165) is 24.3 Å². The summed E-state index contributed by atoms with van der Waals surface area (Å²) < 4.78 is 87.8. The second kappa shape index (κ2) is 7.88. The van der Waals surface area contributed by atoms with Crippen LogP contribution in [0, 0.1) is 11.6 Å². The Morgan fingerprint density at radius 1 is 1.09 bits per heavy atom. The molecule has 0 spiro atoms. The van der Waals surface area contributed by atoms with Crippen molar-refractivity contribution >= 4 is 11.7 Å². The molecule has 2 aliphatic rings. The summed E-state index contributed by atoms with van der Waals surface area (Å²) in [5, 5.41) is 0. The van der Waals surface area contributed by atoms with Gasteiger partial charge in [0.2, 0.25) is 0 Å². The zero-order valence-corrected chi connectivity index (χ0v) is 16.7. The zero-order valence-electron chi connectivity index (χ0n) is 16.7. The lowest BCUT2D eigenvalue weighted by Crippen LogP contribution is -2.45. The maximum Gasteiger partial charge on any atom is 0.461 e. The van der Waals surface area contributed by atoms with Crippen LogP contribution in [0.2, 0.25) is 0 Å². The van der Waals surface area contributed by atoms with E-state index >= 15 is 0 Å². The van der Waals surface area contributed by atoms with Crippen LogP contribution in [-0.2, 0) is 10.3 Å². The average molecular weight is 460 g/mol. The molecule has 2 aromatic carbocycles. The molecule has 2 amide bonds. The van der Waals surface area contributed by atoms with Crippen molar-refractivity contribution in [1.29, 1.82) is 0 Å². The van der Waals surface area contributed by atoms with Crippen LogP contribution in [0.5, 0.6) is 5.75 Å². The third-order valence-electron chi connectivity index (χ3n) is 5.68. The van der Waals surface area contributed by atoms with Gasteiger partial charge in [0.25, 0.3) is 0 Å². The highest BCUT2D eigenvalue weighted by Gasteiger charge is 2.56. The van der Waals surface area contributed by atoms with Crippen molar-refractivity contribution in [2.45, 2.75) is 31.1 Å². The molecule has 0 saturated carbocycles. The number of hydrogen-bond acceptors (Lipinski definition) is 3. The molecule has 2 heterocycles. The number of ether oxygens (including phenoxy) is 2. The fourth-order valence-corrected chi connectivity index (χ4v) is 3.83. The molecule has 0 aliphatic carbocycles. The summed E-state index contributed by atoms with van der Waals surface area (Å²) in [7, 11) is 0. The van der Waals surface area contributed by atoms with Crippen LogP contribution < -0.4 is 9.64 Å². The standard InChI is InChI=1S/C21H18F6N2O3/c1-12(20(11-31-20)16-7-2-13(22)10-17(16)23)28-8-9-29(19(28)30)14-3-5-15(6-4-14)32-21(26,27)18(24)25/h2-7,10,12,18H,8-9,11H2,1H3/t12-,20+/m1/s1. The number of hydrogen-bond donors (Lipinski definition) is 0. The second-order valence-corrected chi connectivity index (χ2v) is 7.56. The summed E-state index contributed by atoms with van der Waals surface area (Å²) >= 11 is 0. The van der Waals surface area contributed by atoms with Gasteiger partial charge in [-0.2, -0.15) is 17.6 Å². The Labute approximate surface area is 179 Å². The number of halogens is 6. The summed E-state index contributed by atoms with van der Waals surface area (Å²) in [5.41, 5.74) is -0.600. The van der Waals surface area contributed by atoms with Gasteiger partial charge in [0.1, 0.15) is 23.0 Å². The van der Waals surface area contributed by atoms with Crippen molar-refractivity contribution in [3.05, 3.63) is 59.7 Å². The first-order valence-electron chi connectivity index (χ1n) is 9.68. The van der Waals surface area contributed by atoms with Crippen molar-refractivity contribution in [3.63, 3.8) is 0 Å². The van der Waals surface area contributed by atoms with E-state index in [-0.39, 0.29) is 25.3 Å². The Kier molecular flexibility index (Phi) is 5.48. The number of epoxide rings is 1. The van der Waals surface area contributed by atoms with Gasteiger partial charge in [-0.25, -0.2) is 13.6 Å². The molecule has 2 aromatic rings. The Morgan fingerprint density at radius 2 is 1.75 bits per heavy atom. The SMILES string of the molecule is C[C@@H](N1CCN(c2ccc(OC(F)(F)C(F)F)cc2)C1=O)[C@]1(c2ccc(F)cc2F)CO1. The molecule has 0 bridgehead atoms. The van der Waals surface area contributed by atoms with E-state index < -0.39 is 47.6 Å². The Bertz CT molecular complexity index is 1010. The van der Waals surface area contributed by atoms with E-state index in [0.29, 0.717) is 5.69 Å². The minimum atomic E-state index is -4.63. The number of rotatable bonds is 7. The van der Waals surface area contributed by atoms with Crippen LogP contribution >= 0.6 is 0 Å². The van der Waals surface area contributed by atoms with E-state index in [1.165, 1.54) is 28.0 Å². The first kappa shape index (κ1) is 22.3. The van der Waals surface area contributed by atoms with E-state index in [1.54, 1.807) is 6.92 Å². The first-order valence-corrected chi connectivity index (χ1v) is 9.68. The van der Waals surface area contributed by atoms with E-state index in [4.69, 9.17) is 4.74 Å². The number of benzene rings is 2. The molecule has 5 nitrogen and oxygen atoms in total. The fraction of sp³-hybridized carbons (Fsp3) is 0.381. The van der Waals surface area contributed by atoms with Crippen molar-refractivity contribution in [1.82, 2.24) is 4.90 Å². The van der Waals surface area contributed by atoms with E-state index in [9.17, 15) is 31.1 Å². The second-order valence-electron chi connectivity index (χ2n) is 7.56. The quantitative estimate of drug-likeness (QED) is 0.442. The maximum absolute atomic E-state index is 14.3. The highest BCUT2D eigenvalue weighted by molar-refractivity contribution is 5.94. The van der Waals surface area contributed by atoms with E-state index in [1.807, 2.05) is 0 Å². The molecule has 2 atom stereocenters. The van der Waals surface area contributed by atoms with Gasteiger partial charge in [-0.15, -0.1) is 0 Å². The van der Waals surface area contributed by atoms with Gasteiger partial charge in [0.15, 0.2) is 0 Å². The summed E-state index contributed by atoms with van der Waals surface area (Å²) in [6.07, 6.45) is -8.62. The third-order valence-corrected chi connectivity index (χ3v) is 5.68. The Morgan fingerprint density at radius 3 is 2.31 bits per heavy atom. The van der Waals surface area contributed by atoms with Gasteiger partial charge in [-0.3, -0.25) is 4.90 Å². The molecular formula is C21H18F6N2O3. The summed E-state index contributed by atoms with van der Waals surface area (Å²) in [6.45, 7) is 2.37. The topological polar surface area (TPSA) is 45.3 Å². The maximum atomic E-state index is 14.3. The molecule has 172 valence electrons. The number of alkyl halides is 4. The molecule has 0 radical (unpaired) electrons. The smallest absolute Gasteiger partial charge is 0.428 e. The van der Waals surface area contributed by atoms with Crippen LogP contribution in [0.1, 0.15) is 12.5 Å². The van der Waals surface area contributed by atoms with Gasteiger partial charge in [-0.1, -0.05) is 6.07 Å². The number of nitrogens with zero attached hydrogens (tertiary/aromatic N) is 2. The normalized spacial score (nSPS) is 21.9. The molecule has 0 N–H and O–H groups in total. The molecule has 11 heteroatoms. The van der Waals surface area contributed by atoms with Gasteiger partial charge >= 0.3 is 18.6 Å². The number of amides is 2. The van der Waals surface area contributed by atoms with Crippen LogP contribution in [0.15, 0.2) is 42.5 Å². The fourth-order valence-electron chi connectivity index (χ4n) is 3.83. The summed E-state index contributed by atoms with van der Waals surface area (Å²) in [4.78, 5) is 15.8. The molecular weight excluding hydrogens is 442 g/mol. The minimum Gasteiger partial charge on any atom is -0.428 e. The van der Waals surface area contributed by atoms with Crippen LogP contribution in [-0.4, -0.2) is 49.2 Å². The van der Waals surface area contributed by atoms with Crippen molar-refractivity contribution in [3.8, 4) is 5.75 Å². The predicted octanol–water partition coefficient (Wildman–Crippen LogP) is 4.76. The summed E-state index contributed by atoms with van der Waals surface area (Å²) in [6, 6.07) is 6.87. The van der Waals surface area contributed by atoms with Crippen molar-refractivity contribution in [2.75, 3.05) is 24.6 Å². The average Bonchev–Trinajstić information content (AvgIpc) is 3.44. The van der Waals surface area contributed by atoms with Gasteiger partial charge in [-0.05, 0) is 37.3 Å². The molecule has 0 aromatic heterocycles. The number of anilines is 1. The first-order chi connectivity index (χ1) is 15.0.